The lowest BCUT2D eigenvalue weighted by atomic mass is 10.3. The fourth-order valence-corrected chi connectivity index (χ4v) is 0.823. The van der Waals surface area contributed by atoms with Gasteiger partial charge in [-0.2, -0.15) is 0 Å². The van der Waals surface area contributed by atoms with Crippen LogP contribution in [-0.4, -0.2) is 19.8 Å². The van der Waals surface area contributed by atoms with E-state index in [9.17, 15) is 0 Å². The van der Waals surface area contributed by atoms with Gasteiger partial charge in [-0.1, -0.05) is 20.3 Å². The largest absolute Gasteiger partial charge is 0.379 e. The maximum atomic E-state index is 5.53. The van der Waals surface area contributed by atoms with Crippen molar-refractivity contribution >= 4 is 0 Å². The van der Waals surface area contributed by atoms with Crippen molar-refractivity contribution < 1.29 is 9.47 Å². The van der Waals surface area contributed by atoms with Gasteiger partial charge in [-0.15, -0.1) is 0 Å². The minimum absolute atomic E-state index is 0.663. The summed E-state index contributed by atoms with van der Waals surface area (Å²) in [6, 6.07) is 0. The Kier molecular flexibility index (Phi) is 8.95. The van der Waals surface area contributed by atoms with Crippen LogP contribution in [0.25, 0.3) is 0 Å². The first kappa shape index (κ1) is 11.9. The highest BCUT2D eigenvalue weighted by atomic mass is 16.5. The van der Waals surface area contributed by atoms with E-state index in [4.69, 9.17) is 9.47 Å². The average Bonchev–Trinajstić information content (AvgIpc) is 2.11. The first-order valence-corrected chi connectivity index (χ1v) is 4.90. The van der Waals surface area contributed by atoms with Gasteiger partial charge in [-0.25, -0.2) is 0 Å². The summed E-state index contributed by atoms with van der Waals surface area (Å²) in [4.78, 5) is 0. The Morgan fingerprint density at radius 1 is 1.17 bits per heavy atom. The van der Waals surface area contributed by atoms with E-state index in [0.29, 0.717) is 6.61 Å². The number of hydrogen-bond acceptors (Lipinski definition) is 2. The molecule has 0 saturated carbocycles. The Hall–Kier alpha value is -0.0800. The molecule has 0 saturated heterocycles. The summed E-state index contributed by atoms with van der Waals surface area (Å²) in [5.74, 6) is 0. The van der Waals surface area contributed by atoms with Crippen molar-refractivity contribution in [2.24, 2.45) is 0 Å². The summed E-state index contributed by atoms with van der Waals surface area (Å²) < 4.78 is 10.8. The van der Waals surface area contributed by atoms with E-state index in [-0.39, 0.29) is 0 Å². The highest BCUT2D eigenvalue weighted by molar-refractivity contribution is 4.75. The first-order valence-electron chi connectivity index (χ1n) is 4.90. The summed E-state index contributed by atoms with van der Waals surface area (Å²) >= 11 is 0. The van der Waals surface area contributed by atoms with Gasteiger partial charge >= 0.3 is 0 Å². The van der Waals surface area contributed by atoms with Gasteiger partial charge in [0.05, 0.1) is 6.61 Å². The minimum Gasteiger partial charge on any atom is -0.379 e. The van der Waals surface area contributed by atoms with Crippen LogP contribution < -0.4 is 0 Å². The van der Waals surface area contributed by atoms with E-state index in [2.05, 4.69) is 13.8 Å². The molecule has 0 aliphatic rings. The van der Waals surface area contributed by atoms with Gasteiger partial charge in [0.25, 0.3) is 0 Å². The van der Waals surface area contributed by atoms with Crippen molar-refractivity contribution in [2.75, 3.05) is 19.8 Å². The molecule has 0 atom stereocenters. The predicted octanol–water partition coefficient (Wildman–Crippen LogP) is 2.78. The number of hydrogen-bond donors (Lipinski definition) is 0. The van der Waals surface area contributed by atoms with Crippen LogP contribution in [0.4, 0.5) is 0 Å². The molecule has 0 heterocycles. The third-order valence-electron chi connectivity index (χ3n) is 1.67. The van der Waals surface area contributed by atoms with E-state index in [0.717, 1.165) is 32.2 Å². The summed E-state index contributed by atoms with van der Waals surface area (Å²) in [5, 5.41) is 0. The fourth-order valence-electron chi connectivity index (χ4n) is 0.823. The van der Waals surface area contributed by atoms with Crippen molar-refractivity contribution in [3.05, 3.63) is 6.10 Å². The summed E-state index contributed by atoms with van der Waals surface area (Å²) in [7, 11) is 0. The molecule has 2 heteroatoms. The second-order valence-electron chi connectivity index (χ2n) is 2.73. The van der Waals surface area contributed by atoms with Crippen molar-refractivity contribution in [3.8, 4) is 0 Å². The Bertz CT molecular complexity index is 83.9. The van der Waals surface area contributed by atoms with Gasteiger partial charge in [0, 0.05) is 13.2 Å². The zero-order valence-electron chi connectivity index (χ0n) is 8.56. The second kappa shape index (κ2) is 9.01. The fraction of sp³-hybridized carbons (Fsp3) is 0.900. The monoisotopic (exact) mass is 173 g/mol. The molecular weight excluding hydrogens is 152 g/mol. The highest BCUT2D eigenvalue weighted by Gasteiger charge is 2.06. The molecule has 0 spiro atoms. The lowest BCUT2D eigenvalue weighted by molar-refractivity contribution is 0.0519. The van der Waals surface area contributed by atoms with Crippen LogP contribution in [0.3, 0.4) is 0 Å². The number of unbranched alkanes of at least 4 members (excludes halogenated alkanes) is 1. The molecule has 0 aliphatic heterocycles. The molecule has 2 nitrogen and oxygen atoms in total. The van der Waals surface area contributed by atoms with Crippen LogP contribution in [0.2, 0.25) is 0 Å². The topological polar surface area (TPSA) is 18.5 Å². The van der Waals surface area contributed by atoms with Crippen LogP contribution in [0, 0.1) is 6.10 Å². The van der Waals surface area contributed by atoms with Gasteiger partial charge in [0.15, 0.2) is 0 Å². The maximum Gasteiger partial charge on any atom is 0.122 e. The molecule has 0 bridgehead atoms. The smallest absolute Gasteiger partial charge is 0.122 e. The molecule has 0 aromatic carbocycles. The second-order valence-corrected chi connectivity index (χ2v) is 2.73. The van der Waals surface area contributed by atoms with Crippen LogP contribution >= 0.6 is 0 Å². The zero-order valence-corrected chi connectivity index (χ0v) is 8.56. The lowest BCUT2D eigenvalue weighted by Crippen LogP contribution is -2.11. The van der Waals surface area contributed by atoms with E-state index >= 15 is 0 Å². The molecule has 0 aromatic rings. The molecule has 0 N–H and O–H groups in total. The molecular formula is C10H21O2. The lowest BCUT2D eigenvalue weighted by Gasteiger charge is -2.13. The Labute approximate surface area is 76.3 Å². The van der Waals surface area contributed by atoms with Gasteiger partial charge in [0.2, 0.25) is 0 Å². The first-order chi connectivity index (χ1) is 5.85. The third-order valence-corrected chi connectivity index (χ3v) is 1.67. The molecule has 0 amide bonds. The Morgan fingerprint density at radius 3 is 2.42 bits per heavy atom. The number of ether oxygens (including phenoxy) is 2. The van der Waals surface area contributed by atoms with Gasteiger partial charge in [-0.3, -0.25) is 0 Å². The third kappa shape index (κ3) is 6.62. The molecule has 73 valence electrons. The quantitative estimate of drug-likeness (QED) is 0.525. The van der Waals surface area contributed by atoms with Crippen molar-refractivity contribution in [3.63, 3.8) is 0 Å². The van der Waals surface area contributed by atoms with Crippen LogP contribution in [0.1, 0.15) is 40.0 Å². The van der Waals surface area contributed by atoms with Gasteiger partial charge in [-0.05, 0) is 19.8 Å². The van der Waals surface area contributed by atoms with E-state index in [1.54, 1.807) is 0 Å². The Balaban J connectivity index is 3.26. The van der Waals surface area contributed by atoms with Crippen LogP contribution in [-0.2, 0) is 9.47 Å². The van der Waals surface area contributed by atoms with Crippen LogP contribution in [0.15, 0.2) is 0 Å². The molecule has 0 aliphatic carbocycles. The summed E-state index contributed by atoms with van der Waals surface area (Å²) in [5.41, 5.74) is 0. The molecule has 0 unspecified atom stereocenters. The number of rotatable bonds is 8. The predicted molar refractivity (Wildman–Crippen MR) is 50.9 cm³/mol. The minimum atomic E-state index is 0.663. The van der Waals surface area contributed by atoms with Crippen molar-refractivity contribution in [1.29, 1.82) is 0 Å². The SMILES string of the molecule is CCCCO[C](CC)COCC. The molecule has 0 aromatic heterocycles. The maximum absolute atomic E-state index is 5.53. The van der Waals surface area contributed by atoms with E-state index in [1.807, 2.05) is 6.92 Å². The van der Waals surface area contributed by atoms with Gasteiger partial charge in [0.1, 0.15) is 6.10 Å². The average molecular weight is 173 g/mol. The van der Waals surface area contributed by atoms with Gasteiger partial charge < -0.3 is 9.47 Å². The molecule has 0 fully saturated rings. The normalized spacial score (nSPS) is 11.0. The van der Waals surface area contributed by atoms with Crippen molar-refractivity contribution in [2.45, 2.75) is 40.0 Å². The van der Waals surface area contributed by atoms with Crippen LogP contribution in [0.5, 0.6) is 0 Å². The highest BCUT2D eigenvalue weighted by Crippen LogP contribution is 2.08. The standard InChI is InChI=1S/C10H21O2/c1-4-7-8-12-10(5-2)9-11-6-3/h4-9H2,1-3H3. The van der Waals surface area contributed by atoms with E-state index in [1.165, 1.54) is 6.42 Å². The van der Waals surface area contributed by atoms with Crippen molar-refractivity contribution in [1.82, 2.24) is 0 Å². The Morgan fingerprint density at radius 2 is 1.92 bits per heavy atom. The molecule has 0 rings (SSSR count). The summed E-state index contributed by atoms with van der Waals surface area (Å²) in [6.07, 6.45) is 4.36. The summed E-state index contributed by atoms with van der Waals surface area (Å²) in [6.45, 7) is 8.53. The van der Waals surface area contributed by atoms with E-state index < -0.39 is 0 Å². The zero-order chi connectivity index (χ0) is 9.23. The molecule has 1 radical (unpaired) electrons. The molecule has 12 heavy (non-hydrogen) atoms.